The van der Waals surface area contributed by atoms with Crippen molar-refractivity contribution in [3.63, 3.8) is 0 Å². The second-order valence-corrected chi connectivity index (χ2v) is 2.83. The fraction of sp³-hybridized carbons (Fsp3) is 0.222. The standard InChI is InChI=1S/C9H11N3/c10-8-6-11-12-9(8)7-4-2-1-3-5-7/h1-5,8,11H,6,10H2. The summed E-state index contributed by atoms with van der Waals surface area (Å²) in [6.45, 7) is 0.740. The van der Waals surface area contributed by atoms with Gasteiger partial charge in [0.1, 0.15) is 0 Å². The van der Waals surface area contributed by atoms with Crippen LogP contribution in [0.15, 0.2) is 35.4 Å². The third kappa shape index (κ3) is 1.19. The maximum atomic E-state index is 5.82. The van der Waals surface area contributed by atoms with Crippen molar-refractivity contribution in [3.8, 4) is 0 Å². The van der Waals surface area contributed by atoms with E-state index in [1.165, 1.54) is 0 Å². The van der Waals surface area contributed by atoms with Gasteiger partial charge in [-0.3, -0.25) is 0 Å². The lowest BCUT2D eigenvalue weighted by Crippen LogP contribution is -2.32. The molecule has 3 N–H and O–H groups in total. The lowest BCUT2D eigenvalue weighted by molar-refractivity contribution is 0.754. The second kappa shape index (κ2) is 2.95. The number of hydrogen-bond acceptors (Lipinski definition) is 3. The summed E-state index contributed by atoms with van der Waals surface area (Å²) in [6.07, 6.45) is 0. The molecule has 1 aromatic carbocycles. The zero-order valence-corrected chi connectivity index (χ0v) is 6.70. The van der Waals surface area contributed by atoms with Gasteiger partial charge in [0.05, 0.1) is 18.3 Å². The van der Waals surface area contributed by atoms with Crippen molar-refractivity contribution >= 4 is 5.71 Å². The Bertz CT molecular complexity index is 292. The van der Waals surface area contributed by atoms with Gasteiger partial charge in [-0.1, -0.05) is 30.3 Å². The number of benzene rings is 1. The Morgan fingerprint density at radius 3 is 2.67 bits per heavy atom. The molecule has 62 valence electrons. The van der Waals surface area contributed by atoms with Crippen molar-refractivity contribution in [2.75, 3.05) is 6.54 Å². The summed E-state index contributed by atoms with van der Waals surface area (Å²) in [5.41, 5.74) is 10.8. The molecule has 1 heterocycles. The van der Waals surface area contributed by atoms with Gasteiger partial charge in [0.25, 0.3) is 0 Å². The first kappa shape index (κ1) is 7.31. The van der Waals surface area contributed by atoms with Crippen molar-refractivity contribution in [2.45, 2.75) is 6.04 Å². The third-order valence-electron chi connectivity index (χ3n) is 1.93. The van der Waals surface area contributed by atoms with Crippen molar-refractivity contribution in [1.82, 2.24) is 5.43 Å². The molecule has 0 bridgehead atoms. The quantitative estimate of drug-likeness (QED) is 0.623. The average molecular weight is 161 g/mol. The van der Waals surface area contributed by atoms with E-state index in [0.29, 0.717) is 0 Å². The van der Waals surface area contributed by atoms with Gasteiger partial charge < -0.3 is 11.2 Å². The predicted molar refractivity (Wildman–Crippen MR) is 49.0 cm³/mol. The monoisotopic (exact) mass is 161 g/mol. The SMILES string of the molecule is NC1CNN=C1c1ccccc1. The van der Waals surface area contributed by atoms with E-state index in [0.717, 1.165) is 17.8 Å². The lowest BCUT2D eigenvalue weighted by Gasteiger charge is -2.04. The first-order chi connectivity index (χ1) is 5.88. The number of nitrogens with zero attached hydrogens (tertiary/aromatic N) is 1. The van der Waals surface area contributed by atoms with E-state index >= 15 is 0 Å². The Kier molecular flexibility index (Phi) is 1.80. The van der Waals surface area contributed by atoms with Crippen molar-refractivity contribution < 1.29 is 0 Å². The average Bonchev–Trinajstić information content (AvgIpc) is 2.53. The molecule has 0 saturated heterocycles. The summed E-state index contributed by atoms with van der Waals surface area (Å²) in [4.78, 5) is 0. The minimum Gasteiger partial charge on any atom is -0.321 e. The Hall–Kier alpha value is -1.35. The normalized spacial score (nSPS) is 21.8. The number of hydrogen-bond donors (Lipinski definition) is 2. The second-order valence-electron chi connectivity index (χ2n) is 2.83. The maximum absolute atomic E-state index is 5.82. The molecule has 1 aliphatic heterocycles. The van der Waals surface area contributed by atoms with Crippen LogP contribution in [0.3, 0.4) is 0 Å². The first-order valence-electron chi connectivity index (χ1n) is 3.99. The Morgan fingerprint density at radius 2 is 2.08 bits per heavy atom. The van der Waals surface area contributed by atoms with E-state index in [4.69, 9.17) is 5.73 Å². The highest BCUT2D eigenvalue weighted by Gasteiger charge is 2.17. The van der Waals surface area contributed by atoms with Gasteiger partial charge in [0, 0.05) is 0 Å². The van der Waals surface area contributed by atoms with Crippen molar-refractivity contribution in [3.05, 3.63) is 35.9 Å². The van der Waals surface area contributed by atoms with E-state index in [-0.39, 0.29) is 6.04 Å². The highest BCUT2D eigenvalue weighted by atomic mass is 15.3. The fourth-order valence-corrected chi connectivity index (χ4v) is 1.30. The van der Waals surface area contributed by atoms with Crippen molar-refractivity contribution in [2.24, 2.45) is 10.8 Å². The minimum atomic E-state index is 0.0346. The highest BCUT2D eigenvalue weighted by Crippen LogP contribution is 2.05. The molecule has 12 heavy (non-hydrogen) atoms. The van der Waals surface area contributed by atoms with Gasteiger partial charge in [0.15, 0.2) is 0 Å². The molecule has 1 unspecified atom stereocenters. The molecule has 0 fully saturated rings. The van der Waals surface area contributed by atoms with Crippen LogP contribution in [0, 0.1) is 0 Å². The molecule has 2 rings (SSSR count). The van der Waals surface area contributed by atoms with Crippen LogP contribution < -0.4 is 11.2 Å². The van der Waals surface area contributed by atoms with E-state index in [9.17, 15) is 0 Å². The molecular formula is C9H11N3. The van der Waals surface area contributed by atoms with Crippen LogP contribution in [-0.4, -0.2) is 18.3 Å². The van der Waals surface area contributed by atoms with Gasteiger partial charge in [0.2, 0.25) is 0 Å². The van der Waals surface area contributed by atoms with Crippen LogP contribution in [0.2, 0.25) is 0 Å². The van der Waals surface area contributed by atoms with Gasteiger partial charge in [-0.25, -0.2) is 0 Å². The Labute approximate surface area is 71.3 Å². The van der Waals surface area contributed by atoms with Gasteiger partial charge in [-0.05, 0) is 5.56 Å². The number of hydrazone groups is 1. The number of rotatable bonds is 1. The summed E-state index contributed by atoms with van der Waals surface area (Å²) >= 11 is 0. The molecule has 0 aliphatic carbocycles. The predicted octanol–water partition coefficient (Wildman–Crippen LogP) is 0.321. The van der Waals surface area contributed by atoms with Crippen LogP contribution >= 0.6 is 0 Å². The third-order valence-corrected chi connectivity index (χ3v) is 1.93. The Morgan fingerprint density at radius 1 is 1.33 bits per heavy atom. The summed E-state index contributed by atoms with van der Waals surface area (Å²) in [6, 6.07) is 10.0. The van der Waals surface area contributed by atoms with Crippen LogP contribution in [0.4, 0.5) is 0 Å². The van der Waals surface area contributed by atoms with E-state index < -0.39 is 0 Å². The zero-order valence-electron chi connectivity index (χ0n) is 6.70. The van der Waals surface area contributed by atoms with E-state index in [2.05, 4.69) is 10.5 Å². The van der Waals surface area contributed by atoms with Crippen LogP contribution in [0.25, 0.3) is 0 Å². The molecule has 0 amide bonds. The summed E-state index contributed by atoms with van der Waals surface area (Å²) in [5.74, 6) is 0. The lowest BCUT2D eigenvalue weighted by atomic mass is 10.1. The largest absolute Gasteiger partial charge is 0.321 e. The van der Waals surface area contributed by atoms with Crippen LogP contribution in [0.1, 0.15) is 5.56 Å². The summed E-state index contributed by atoms with van der Waals surface area (Å²) < 4.78 is 0. The maximum Gasteiger partial charge on any atom is 0.0860 e. The van der Waals surface area contributed by atoms with Crippen molar-refractivity contribution in [1.29, 1.82) is 0 Å². The molecule has 3 heteroatoms. The van der Waals surface area contributed by atoms with Gasteiger partial charge in [-0.15, -0.1) is 0 Å². The molecule has 0 spiro atoms. The molecule has 1 atom stereocenters. The van der Waals surface area contributed by atoms with E-state index in [1.54, 1.807) is 0 Å². The van der Waals surface area contributed by atoms with Crippen LogP contribution in [-0.2, 0) is 0 Å². The van der Waals surface area contributed by atoms with E-state index in [1.807, 2.05) is 30.3 Å². The topological polar surface area (TPSA) is 50.4 Å². The fourth-order valence-electron chi connectivity index (χ4n) is 1.30. The molecule has 0 radical (unpaired) electrons. The summed E-state index contributed by atoms with van der Waals surface area (Å²) in [7, 11) is 0. The van der Waals surface area contributed by atoms with Gasteiger partial charge >= 0.3 is 0 Å². The smallest absolute Gasteiger partial charge is 0.0860 e. The minimum absolute atomic E-state index is 0.0346. The molecule has 3 nitrogen and oxygen atoms in total. The highest BCUT2D eigenvalue weighted by molar-refractivity contribution is 6.05. The summed E-state index contributed by atoms with van der Waals surface area (Å²) in [5, 5.41) is 4.13. The zero-order chi connectivity index (χ0) is 8.39. The molecule has 0 aromatic heterocycles. The molecular weight excluding hydrogens is 150 g/mol. The first-order valence-corrected chi connectivity index (χ1v) is 3.99. The molecule has 1 aliphatic rings. The molecule has 0 saturated carbocycles. The number of nitrogens with one attached hydrogen (secondary N) is 1. The number of nitrogens with two attached hydrogens (primary N) is 1. The Balaban J connectivity index is 2.31. The van der Waals surface area contributed by atoms with Crippen LogP contribution in [0.5, 0.6) is 0 Å². The van der Waals surface area contributed by atoms with Gasteiger partial charge in [-0.2, -0.15) is 5.10 Å². The molecule has 1 aromatic rings.